The fourth-order valence-corrected chi connectivity index (χ4v) is 1.81. The average Bonchev–Trinajstić information content (AvgIpc) is 2.69. The molecule has 0 aromatic heterocycles. The van der Waals surface area contributed by atoms with E-state index in [-0.39, 0.29) is 5.56 Å². The fourth-order valence-electron chi connectivity index (χ4n) is 1.81. The third kappa shape index (κ3) is 1.81. The number of ether oxygens (including phenoxy) is 1. The highest BCUT2D eigenvalue weighted by Gasteiger charge is 2.42. The van der Waals surface area contributed by atoms with Gasteiger partial charge in [-0.2, -0.15) is 8.78 Å². The molecule has 3 nitrogen and oxygen atoms in total. The van der Waals surface area contributed by atoms with Crippen molar-refractivity contribution in [1.29, 1.82) is 0 Å². The molecule has 0 saturated carbocycles. The summed E-state index contributed by atoms with van der Waals surface area (Å²) < 4.78 is 31.3. The lowest BCUT2D eigenvalue weighted by atomic mass is 10.00. The monoisotopic (exact) mass is 239 g/mol. The average molecular weight is 239 g/mol. The number of methoxy groups -OCH3 is 1. The molecule has 0 spiro atoms. The molecule has 17 heavy (non-hydrogen) atoms. The van der Waals surface area contributed by atoms with Crippen LogP contribution in [0.3, 0.4) is 0 Å². The van der Waals surface area contributed by atoms with Gasteiger partial charge in [0.2, 0.25) is 0 Å². The van der Waals surface area contributed by atoms with Crippen LogP contribution in [0.2, 0.25) is 0 Å². The summed E-state index contributed by atoms with van der Waals surface area (Å²) in [6.07, 6.45) is 0. The summed E-state index contributed by atoms with van der Waals surface area (Å²) in [6, 6.07) is 4.11. The summed E-state index contributed by atoms with van der Waals surface area (Å²) in [4.78, 5) is 15.1. The maximum atomic E-state index is 13.6. The topological polar surface area (TPSA) is 38.7 Å². The normalized spacial score (nSPS) is 14.2. The van der Waals surface area contributed by atoms with E-state index in [0.717, 1.165) is 18.4 Å². The molecule has 0 atom stereocenters. The Morgan fingerprint density at radius 2 is 2.18 bits per heavy atom. The summed E-state index contributed by atoms with van der Waals surface area (Å²) in [5.41, 5.74) is 2.04. The Hall–Kier alpha value is -1.78. The Bertz CT molecular complexity index is 509. The molecular formula is C12H11F2NO2. The van der Waals surface area contributed by atoms with E-state index >= 15 is 0 Å². The fraction of sp³-hybridized carbons (Fsp3) is 0.333. The molecule has 0 bridgehead atoms. The quantitative estimate of drug-likeness (QED) is 0.742. The zero-order valence-electron chi connectivity index (χ0n) is 9.46. The van der Waals surface area contributed by atoms with Gasteiger partial charge in [0.25, 0.3) is 0 Å². The van der Waals surface area contributed by atoms with Crippen LogP contribution in [0.15, 0.2) is 23.2 Å². The van der Waals surface area contributed by atoms with Crippen LogP contribution < -0.4 is 0 Å². The summed E-state index contributed by atoms with van der Waals surface area (Å²) >= 11 is 0. The number of hydrogen-bond donors (Lipinski definition) is 0. The van der Waals surface area contributed by atoms with Gasteiger partial charge < -0.3 is 4.74 Å². The van der Waals surface area contributed by atoms with Crippen LogP contribution in [0.1, 0.15) is 23.6 Å². The number of nitrogens with zero attached hydrogens (tertiary/aromatic N) is 1. The van der Waals surface area contributed by atoms with Gasteiger partial charge >= 0.3 is 11.9 Å². The first-order valence-electron chi connectivity index (χ1n) is 5.08. The minimum Gasteiger partial charge on any atom is -0.464 e. The third-order valence-corrected chi connectivity index (χ3v) is 2.79. The van der Waals surface area contributed by atoms with Gasteiger partial charge in [-0.1, -0.05) is 12.1 Å². The van der Waals surface area contributed by atoms with E-state index in [2.05, 4.69) is 9.73 Å². The van der Waals surface area contributed by atoms with Gasteiger partial charge in [0.1, 0.15) is 0 Å². The summed E-state index contributed by atoms with van der Waals surface area (Å²) in [7, 11) is 0.941. The second-order valence-corrected chi connectivity index (χ2v) is 3.84. The van der Waals surface area contributed by atoms with Gasteiger partial charge in [0.05, 0.1) is 13.7 Å². The maximum Gasteiger partial charge on any atom is 0.381 e. The Balaban J connectivity index is 2.40. The lowest BCUT2D eigenvalue weighted by Gasteiger charge is -2.14. The third-order valence-electron chi connectivity index (χ3n) is 2.79. The number of fused-ring (bicyclic) bond motifs is 1. The minimum absolute atomic E-state index is 0.354. The van der Waals surface area contributed by atoms with Crippen LogP contribution in [0.5, 0.6) is 0 Å². The largest absolute Gasteiger partial charge is 0.464 e. The van der Waals surface area contributed by atoms with E-state index in [9.17, 15) is 13.6 Å². The predicted octanol–water partition coefficient (Wildman–Crippen LogP) is 2.27. The number of rotatable bonds is 2. The highest BCUT2D eigenvalue weighted by Crippen LogP contribution is 2.32. The van der Waals surface area contributed by atoms with E-state index in [4.69, 9.17) is 0 Å². The van der Waals surface area contributed by atoms with E-state index in [0.29, 0.717) is 12.1 Å². The number of hydrogen-bond acceptors (Lipinski definition) is 3. The molecule has 0 saturated heterocycles. The molecule has 0 unspecified atom stereocenters. The second-order valence-electron chi connectivity index (χ2n) is 3.84. The van der Waals surface area contributed by atoms with Crippen molar-refractivity contribution < 1.29 is 18.3 Å². The first-order chi connectivity index (χ1) is 7.96. The van der Waals surface area contributed by atoms with Crippen molar-refractivity contribution >= 4 is 11.7 Å². The molecule has 1 aliphatic heterocycles. The predicted molar refractivity (Wildman–Crippen MR) is 58.3 cm³/mol. The molecule has 0 radical (unpaired) electrons. The van der Waals surface area contributed by atoms with Crippen molar-refractivity contribution in [2.45, 2.75) is 19.4 Å². The van der Waals surface area contributed by atoms with Crippen molar-refractivity contribution in [1.82, 2.24) is 0 Å². The molecule has 0 fully saturated rings. The molecule has 1 aliphatic rings. The number of aliphatic imine (C=N–C) groups is 1. The van der Waals surface area contributed by atoms with Gasteiger partial charge in [-0.25, -0.2) is 4.79 Å². The maximum absolute atomic E-state index is 13.6. The molecule has 1 heterocycles. The number of alkyl halides is 2. The second kappa shape index (κ2) is 3.91. The Labute approximate surface area is 97.1 Å². The van der Waals surface area contributed by atoms with Gasteiger partial charge in [0, 0.05) is 16.8 Å². The lowest BCUT2D eigenvalue weighted by molar-refractivity contribution is -0.170. The highest BCUT2D eigenvalue weighted by molar-refractivity contribution is 6.02. The number of carbonyl (C=O) groups is 1. The van der Waals surface area contributed by atoms with Crippen LogP contribution in [-0.2, 0) is 22.0 Å². The number of carbonyl (C=O) groups excluding carboxylic acids is 1. The molecule has 0 aliphatic carbocycles. The minimum atomic E-state index is -3.61. The Morgan fingerprint density at radius 1 is 1.47 bits per heavy atom. The first kappa shape index (κ1) is 11.7. The van der Waals surface area contributed by atoms with Gasteiger partial charge in [0.15, 0.2) is 0 Å². The highest BCUT2D eigenvalue weighted by atomic mass is 19.3. The summed E-state index contributed by atoms with van der Waals surface area (Å²) in [5.74, 6) is -5.16. The Kier molecular flexibility index (Phi) is 2.69. The standard InChI is InChI=1S/C12H11F2NO2/c1-7-10-4-3-9(5-8(10)6-15-7)12(13,14)11(16)17-2/h3-5H,6H2,1-2H3. The molecule has 90 valence electrons. The molecule has 0 amide bonds. The molecule has 1 aromatic carbocycles. The molecule has 1 aromatic rings. The van der Waals surface area contributed by atoms with E-state index in [1.165, 1.54) is 12.1 Å². The first-order valence-corrected chi connectivity index (χ1v) is 5.08. The zero-order valence-corrected chi connectivity index (χ0v) is 9.46. The summed E-state index contributed by atoms with van der Waals surface area (Å²) in [6.45, 7) is 2.20. The van der Waals surface area contributed by atoms with Gasteiger partial charge in [-0.15, -0.1) is 0 Å². The van der Waals surface area contributed by atoms with Crippen molar-refractivity contribution in [3.8, 4) is 0 Å². The smallest absolute Gasteiger partial charge is 0.381 e. The van der Waals surface area contributed by atoms with Crippen molar-refractivity contribution in [2.75, 3.05) is 7.11 Å². The molecule has 0 N–H and O–H groups in total. The van der Waals surface area contributed by atoms with Crippen LogP contribution >= 0.6 is 0 Å². The van der Waals surface area contributed by atoms with Crippen LogP contribution in [0.25, 0.3) is 0 Å². The molecule has 2 rings (SSSR count). The molecular weight excluding hydrogens is 228 g/mol. The van der Waals surface area contributed by atoms with Crippen LogP contribution in [-0.4, -0.2) is 18.8 Å². The molecule has 5 heteroatoms. The van der Waals surface area contributed by atoms with Crippen LogP contribution in [0.4, 0.5) is 8.78 Å². The van der Waals surface area contributed by atoms with Crippen LogP contribution in [0, 0.1) is 0 Å². The Morgan fingerprint density at radius 3 is 2.82 bits per heavy atom. The van der Waals surface area contributed by atoms with Gasteiger partial charge in [-0.3, -0.25) is 4.99 Å². The zero-order chi connectivity index (χ0) is 12.6. The number of esters is 1. The van der Waals surface area contributed by atoms with E-state index in [1.807, 2.05) is 6.92 Å². The van der Waals surface area contributed by atoms with Crippen molar-refractivity contribution in [3.05, 3.63) is 34.9 Å². The van der Waals surface area contributed by atoms with E-state index < -0.39 is 11.9 Å². The number of halogens is 2. The number of benzene rings is 1. The van der Waals surface area contributed by atoms with E-state index in [1.54, 1.807) is 6.07 Å². The van der Waals surface area contributed by atoms with Crippen molar-refractivity contribution in [2.24, 2.45) is 4.99 Å². The SMILES string of the molecule is COC(=O)C(F)(F)c1ccc2c(c1)CN=C2C. The summed E-state index contributed by atoms with van der Waals surface area (Å²) in [5, 5.41) is 0. The van der Waals surface area contributed by atoms with Crippen molar-refractivity contribution in [3.63, 3.8) is 0 Å². The lowest BCUT2D eigenvalue weighted by Crippen LogP contribution is -2.27. The van der Waals surface area contributed by atoms with Gasteiger partial charge in [-0.05, 0) is 18.6 Å².